The van der Waals surface area contributed by atoms with Crippen LogP contribution in [0.15, 0.2) is 41.0 Å². The molecule has 0 saturated heterocycles. The van der Waals surface area contributed by atoms with E-state index in [1.807, 2.05) is 6.92 Å². The predicted octanol–water partition coefficient (Wildman–Crippen LogP) is 3.47. The van der Waals surface area contributed by atoms with Gasteiger partial charge in [0.2, 0.25) is 5.91 Å². The Bertz CT molecular complexity index is 616. The van der Waals surface area contributed by atoms with Gasteiger partial charge in [0.05, 0.1) is 6.42 Å². The first-order valence-corrected chi connectivity index (χ1v) is 6.50. The highest BCUT2D eigenvalue weighted by molar-refractivity contribution is 9.10. The van der Waals surface area contributed by atoms with Gasteiger partial charge in [-0.3, -0.25) is 4.79 Å². The average molecular weight is 323 g/mol. The summed E-state index contributed by atoms with van der Waals surface area (Å²) in [4.78, 5) is 15.9. The van der Waals surface area contributed by atoms with E-state index in [0.29, 0.717) is 11.4 Å². The maximum atomic E-state index is 13.0. The third kappa shape index (κ3) is 3.86. The number of nitrogens with zero attached hydrogens (tertiary/aromatic N) is 1. The molecule has 2 rings (SSSR count). The molecule has 0 saturated carbocycles. The maximum absolute atomic E-state index is 13.0. The number of aromatic nitrogens is 1. The molecule has 0 radical (unpaired) electrons. The molecule has 0 aliphatic carbocycles. The molecule has 1 aromatic heterocycles. The van der Waals surface area contributed by atoms with E-state index in [-0.39, 0.29) is 18.1 Å². The van der Waals surface area contributed by atoms with Crippen molar-refractivity contribution in [2.75, 3.05) is 5.32 Å². The Morgan fingerprint density at radius 3 is 2.89 bits per heavy atom. The Labute approximate surface area is 119 Å². The van der Waals surface area contributed by atoms with Crippen LogP contribution in [0.1, 0.15) is 11.1 Å². The summed E-state index contributed by atoms with van der Waals surface area (Å²) in [5.41, 5.74) is 1.61. The summed E-state index contributed by atoms with van der Waals surface area (Å²) < 4.78 is 13.9. The van der Waals surface area contributed by atoms with Crippen LogP contribution in [0, 0.1) is 12.7 Å². The molecule has 1 heterocycles. The van der Waals surface area contributed by atoms with Gasteiger partial charge in [0.25, 0.3) is 0 Å². The van der Waals surface area contributed by atoms with Crippen molar-refractivity contribution in [3.8, 4) is 0 Å². The Kier molecular flexibility index (Phi) is 4.27. The Hall–Kier alpha value is -1.75. The zero-order chi connectivity index (χ0) is 13.8. The van der Waals surface area contributed by atoms with Crippen molar-refractivity contribution >= 4 is 27.7 Å². The summed E-state index contributed by atoms with van der Waals surface area (Å²) in [6.45, 7) is 1.91. The second-order valence-electron chi connectivity index (χ2n) is 4.17. The minimum atomic E-state index is -0.345. The van der Waals surface area contributed by atoms with Crippen LogP contribution < -0.4 is 5.32 Å². The Morgan fingerprint density at radius 1 is 1.42 bits per heavy atom. The lowest BCUT2D eigenvalue weighted by molar-refractivity contribution is -0.115. The number of hydrogen-bond acceptors (Lipinski definition) is 2. The maximum Gasteiger partial charge on any atom is 0.229 e. The van der Waals surface area contributed by atoms with Gasteiger partial charge in [-0.2, -0.15) is 0 Å². The van der Waals surface area contributed by atoms with Gasteiger partial charge in [0.1, 0.15) is 11.6 Å². The van der Waals surface area contributed by atoms with E-state index in [4.69, 9.17) is 0 Å². The van der Waals surface area contributed by atoms with E-state index >= 15 is 0 Å². The smallest absolute Gasteiger partial charge is 0.229 e. The highest BCUT2D eigenvalue weighted by Gasteiger charge is 2.06. The Morgan fingerprint density at radius 2 is 2.21 bits per heavy atom. The van der Waals surface area contributed by atoms with E-state index in [0.717, 1.165) is 10.0 Å². The largest absolute Gasteiger partial charge is 0.310 e. The number of carbonyl (C=O) groups excluding carboxylic acids is 1. The van der Waals surface area contributed by atoms with Gasteiger partial charge < -0.3 is 5.32 Å². The third-order valence-corrected chi connectivity index (χ3v) is 3.40. The van der Waals surface area contributed by atoms with E-state index in [9.17, 15) is 9.18 Å². The number of nitrogens with one attached hydrogen (secondary N) is 1. The summed E-state index contributed by atoms with van der Waals surface area (Å²) in [7, 11) is 0. The number of carbonyl (C=O) groups is 1. The van der Waals surface area contributed by atoms with Gasteiger partial charge in [0.15, 0.2) is 0 Å². The molecule has 2 aromatic rings. The Balaban J connectivity index is 2.03. The molecule has 1 N–H and O–H groups in total. The van der Waals surface area contributed by atoms with E-state index < -0.39 is 0 Å². The lowest BCUT2D eigenvalue weighted by Crippen LogP contribution is -2.15. The van der Waals surface area contributed by atoms with Gasteiger partial charge in [-0.15, -0.1) is 0 Å². The first-order chi connectivity index (χ1) is 9.04. The van der Waals surface area contributed by atoms with E-state index in [2.05, 4.69) is 26.2 Å². The number of benzene rings is 1. The molecule has 3 nitrogen and oxygen atoms in total. The number of anilines is 1. The molecule has 0 aliphatic rings. The zero-order valence-electron chi connectivity index (χ0n) is 10.3. The van der Waals surface area contributed by atoms with Crippen LogP contribution in [0.25, 0.3) is 0 Å². The molecule has 0 atom stereocenters. The lowest BCUT2D eigenvalue weighted by Gasteiger charge is -2.06. The van der Waals surface area contributed by atoms with Crippen molar-refractivity contribution in [3.63, 3.8) is 0 Å². The highest BCUT2D eigenvalue weighted by atomic mass is 79.9. The van der Waals surface area contributed by atoms with Crippen LogP contribution in [-0.4, -0.2) is 10.9 Å². The van der Waals surface area contributed by atoms with Gasteiger partial charge >= 0.3 is 0 Å². The van der Waals surface area contributed by atoms with E-state index in [1.165, 1.54) is 12.1 Å². The zero-order valence-corrected chi connectivity index (χ0v) is 11.9. The van der Waals surface area contributed by atoms with E-state index in [1.54, 1.807) is 24.4 Å². The molecular formula is C14H12BrFN2O. The highest BCUT2D eigenvalue weighted by Crippen LogP contribution is 2.17. The number of aryl methyl sites for hydroxylation is 1. The molecule has 98 valence electrons. The second-order valence-corrected chi connectivity index (χ2v) is 5.03. The molecular weight excluding hydrogens is 311 g/mol. The number of hydrogen-bond donors (Lipinski definition) is 1. The quantitative estimate of drug-likeness (QED) is 0.940. The number of amides is 1. The average Bonchev–Trinajstić information content (AvgIpc) is 2.34. The molecule has 1 amide bonds. The lowest BCUT2D eigenvalue weighted by atomic mass is 10.1. The minimum Gasteiger partial charge on any atom is -0.310 e. The van der Waals surface area contributed by atoms with Crippen molar-refractivity contribution in [3.05, 3.63) is 57.9 Å². The summed E-state index contributed by atoms with van der Waals surface area (Å²) >= 11 is 3.34. The van der Waals surface area contributed by atoms with Gasteiger partial charge in [-0.1, -0.05) is 12.1 Å². The number of pyridine rings is 1. The summed E-state index contributed by atoms with van der Waals surface area (Å²) in [6, 6.07) is 7.76. The van der Waals surface area contributed by atoms with Crippen LogP contribution in [0.2, 0.25) is 0 Å². The summed E-state index contributed by atoms with van der Waals surface area (Å²) in [5, 5.41) is 2.68. The molecule has 0 unspecified atom stereocenters. The third-order valence-electron chi connectivity index (χ3n) is 2.57. The first-order valence-electron chi connectivity index (χ1n) is 5.71. The van der Waals surface area contributed by atoms with Crippen molar-refractivity contribution in [1.82, 2.24) is 4.98 Å². The molecule has 19 heavy (non-hydrogen) atoms. The van der Waals surface area contributed by atoms with Crippen molar-refractivity contribution < 1.29 is 9.18 Å². The van der Waals surface area contributed by atoms with Gasteiger partial charge in [-0.05, 0) is 52.2 Å². The molecule has 5 heteroatoms. The van der Waals surface area contributed by atoms with Crippen LogP contribution in [0.5, 0.6) is 0 Å². The molecule has 0 fully saturated rings. The molecule has 0 aliphatic heterocycles. The van der Waals surface area contributed by atoms with Gasteiger partial charge in [0, 0.05) is 10.7 Å². The molecule has 0 bridgehead atoms. The van der Waals surface area contributed by atoms with Crippen LogP contribution in [0.3, 0.4) is 0 Å². The fraction of sp³-hybridized carbons (Fsp3) is 0.143. The normalized spacial score (nSPS) is 10.3. The predicted molar refractivity (Wildman–Crippen MR) is 75.4 cm³/mol. The fourth-order valence-electron chi connectivity index (χ4n) is 1.63. The first kappa shape index (κ1) is 13.7. The van der Waals surface area contributed by atoms with Crippen LogP contribution in [0.4, 0.5) is 10.2 Å². The van der Waals surface area contributed by atoms with Crippen molar-refractivity contribution in [2.45, 2.75) is 13.3 Å². The second kappa shape index (κ2) is 5.93. The summed E-state index contributed by atoms with van der Waals surface area (Å²) in [6.07, 6.45) is 1.75. The van der Waals surface area contributed by atoms with Crippen molar-refractivity contribution in [2.24, 2.45) is 0 Å². The monoisotopic (exact) mass is 322 g/mol. The standard InChI is InChI=1S/C14H12BrFN2O/c1-9-5-13(17-8-12(9)15)18-14(19)7-10-3-2-4-11(16)6-10/h2-6,8H,7H2,1H3,(H,17,18,19). The van der Waals surface area contributed by atoms with Crippen molar-refractivity contribution in [1.29, 1.82) is 0 Å². The topological polar surface area (TPSA) is 42.0 Å². The van der Waals surface area contributed by atoms with Gasteiger partial charge in [-0.25, -0.2) is 9.37 Å². The summed E-state index contributed by atoms with van der Waals surface area (Å²) in [5.74, 6) is -0.0789. The molecule has 1 aromatic carbocycles. The van der Waals surface area contributed by atoms with Crippen LogP contribution >= 0.6 is 15.9 Å². The molecule has 0 spiro atoms. The fourth-order valence-corrected chi connectivity index (χ4v) is 1.84. The minimum absolute atomic E-state index is 0.120. The van der Waals surface area contributed by atoms with Crippen LogP contribution in [-0.2, 0) is 11.2 Å². The SMILES string of the molecule is Cc1cc(NC(=O)Cc2cccc(F)c2)ncc1Br. The number of halogens is 2. The number of rotatable bonds is 3.